The zero-order valence-electron chi connectivity index (χ0n) is 17.7. The molecule has 1 fully saturated rings. The number of esters is 1. The van der Waals surface area contributed by atoms with E-state index in [1.54, 1.807) is 6.92 Å². The number of carbonyl (C=O) groups is 3. The first-order chi connectivity index (χ1) is 15.0. The number of pyridine rings is 1. The van der Waals surface area contributed by atoms with Crippen LogP contribution in [0.1, 0.15) is 37.1 Å². The topological polar surface area (TPSA) is 85.8 Å². The number of aryl methyl sites for hydroxylation is 1. The molecule has 31 heavy (non-hydrogen) atoms. The van der Waals surface area contributed by atoms with E-state index in [-0.39, 0.29) is 24.3 Å². The van der Waals surface area contributed by atoms with E-state index in [4.69, 9.17) is 9.47 Å². The third-order valence-electron chi connectivity index (χ3n) is 4.91. The number of amides is 2. The van der Waals surface area contributed by atoms with Crippen LogP contribution in [0.5, 0.6) is 5.75 Å². The standard InChI is InChI=1S/C23H26N2O5S/c1-3-16-5-8-18(24-14-16)11-12-29-19-9-6-17(7-10-19)13-20-22(27)25(23(28)31-20)15-30-21(26)4-2/h5-10,14,20H,3-4,11-13,15H2,1-2H3. The molecule has 2 heterocycles. The fourth-order valence-corrected chi connectivity index (χ4v) is 4.02. The van der Waals surface area contributed by atoms with Gasteiger partial charge in [-0.2, -0.15) is 0 Å². The van der Waals surface area contributed by atoms with Gasteiger partial charge >= 0.3 is 5.97 Å². The van der Waals surface area contributed by atoms with Gasteiger partial charge in [0.15, 0.2) is 6.73 Å². The Morgan fingerprint density at radius 3 is 2.48 bits per heavy atom. The van der Waals surface area contributed by atoms with Crippen LogP contribution in [0.15, 0.2) is 42.6 Å². The molecular weight excluding hydrogens is 416 g/mol. The van der Waals surface area contributed by atoms with Gasteiger partial charge in [0.1, 0.15) is 5.75 Å². The average molecular weight is 443 g/mol. The van der Waals surface area contributed by atoms with Gasteiger partial charge < -0.3 is 9.47 Å². The highest BCUT2D eigenvalue weighted by molar-refractivity contribution is 8.15. The number of ether oxygens (including phenoxy) is 2. The van der Waals surface area contributed by atoms with Crippen molar-refractivity contribution in [2.45, 2.75) is 44.8 Å². The lowest BCUT2D eigenvalue weighted by molar-refractivity contribution is -0.149. The summed E-state index contributed by atoms with van der Waals surface area (Å²) >= 11 is 0.962. The molecule has 1 aromatic heterocycles. The number of nitrogens with zero attached hydrogens (tertiary/aromatic N) is 2. The van der Waals surface area contributed by atoms with Crippen molar-refractivity contribution < 1.29 is 23.9 Å². The summed E-state index contributed by atoms with van der Waals surface area (Å²) in [5.41, 5.74) is 3.13. The number of imide groups is 1. The maximum absolute atomic E-state index is 12.5. The second kappa shape index (κ2) is 10.9. The van der Waals surface area contributed by atoms with E-state index in [0.29, 0.717) is 13.0 Å². The van der Waals surface area contributed by atoms with E-state index >= 15 is 0 Å². The minimum Gasteiger partial charge on any atom is -0.493 e. The normalized spacial score (nSPS) is 15.9. The third kappa shape index (κ3) is 6.30. The largest absolute Gasteiger partial charge is 0.493 e. The number of carbonyl (C=O) groups excluding carboxylic acids is 3. The van der Waals surface area contributed by atoms with Gasteiger partial charge in [0.2, 0.25) is 5.91 Å². The molecule has 0 aliphatic carbocycles. The zero-order valence-corrected chi connectivity index (χ0v) is 18.5. The lowest BCUT2D eigenvalue weighted by Gasteiger charge is -2.13. The van der Waals surface area contributed by atoms with E-state index in [1.807, 2.05) is 36.5 Å². The van der Waals surface area contributed by atoms with Gasteiger partial charge in [-0.3, -0.25) is 19.4 Å². The summed E-state index contributed by atoms with van der Waals surface area (Å²) in [5.74, 6) is -0.0391. The van der Waals surface area contributed by atoms with Gasteiger partial charge in [-0.25, -0.2) is 4.90 Å². The first kappa shape index (κ1) is 22.8. The van der Waals surface area contributed by atoms with Gasteiger partial charge in [0, 0.05) is 24.7 Å². The zero-order chi connectivity index (χ0) is 22.2. The maximum atomic E-state index is 12.5. The fourth-order valence-electron chi connectivity index (χ4n) is 3.00. The monoisotopic (exact) mass is 442 g/mol. The number of aromatic nitrogens is 1. The summed E-state index contributed by atoms with van der Waals surface area (Å²) < 4.78 is 10.7. The summed E-state index contributed by atoms with van der Waals surface area (Å²) in [5, 5.41) is -0.906. The first-order valence-electron chi connectivity index (χ1n) is 10.3. The second-order valence-corrected chi connectivity index (χ2v) is 8.25. The highest BCUT2D eigenvalue weighted by atomic mass is 32.2. The molecule has 8 heteroatoms. The SMILES string of the molecule is CCC(=O)OCN1C(=O)SC(Cc2ccc(OCCc3ccc(CC)cn3)cc2)C1=O. The molecule has 0 radical (unpaired) electrons. The van der Waals surface area contributed by atoms with E-state index in [1.165, 1.54) is 5.56 Å². The van der Waals surface area contributed by atoms with Gasteiger partial charge in [-0.05, 0) is 42.2 Å². The minimum absolute atomic E-state index is 0.197. The van der Waals surface area contributed by atoms with Gasteiger partial charge in [-0.15, -0.1) is 0 Å². The molecule has 1 aliphatic heterocycles. The molecule has 1 unspecified atom stereocenters. The molecular formula is C23H26N2O5S. The molecule has 0 N–H and O–H groups in total. The average Bonchev–Trinajstić information content (AvgIpc) is 3.06. The van der Waals surface area contributed by atoms with Gasteiger partial charge in [0.25, 0.3) is 5.24 Å². The molecule has 2 amide bonds. The number of hydrogen-bond acceptors (Lipinski definition) is 7. The van der Waals surface area contributed by atoms with Crippen LogP contribution in [-0.4, -0.2) is 45.6 Å². The molecule has 1 aromatic carbocycles. The molecule has 3 rings (SSSR count). The van der Waals surface area contributed by atoms with Crippen LogP contribution in [0.2, 0.25) is 0 Å². The van der Waals surface area contributed by atoms with Crippen molar-refractivity contribution in [1.29, 1.82) is 0 Å². The van der Waals surface area contributed by atoms with Crippen LogP contribution in [0, 0.1) is 0 Å². The van der Waals surface area contributed by atoms with Crippen LogP contribution in [0.25, 0.3) is 0 Å². The van der Waals surface area contributed by atoms with Crippen molar-refractivity contribution in [2.24, 2.45) is 0 Å². The molecule has 1 aliphatic rings. The van der Waals surface area contributed by atoms with E-state index in [2.05, 4.69) is 18.0 Å². The summed E-state index contributed by atoms with van der Waals surface area (Å²) in [6.07, 6.45) is 4.20. The molecule has 164 valence electrons. The third-order valence-corrected chi connectivity index (χ3v) is 5.99. The predicted molar refractivity (Wildman–Crippen MR) is 118 cm³/mol. The van der Waals surface area contributed by atoms with Crippen LogP contribution in [-0.2, 0) is 33.6 Å². The fraction of sp³-hybridized carbons (Fsp3) is 0.391. The number of benzene rings is 1. The summed E-state index contributed by atoms with van der Waals surface area (Å²) in [6.45, 7) is 3.95. The lowest BCUT2D eigenvalue weighted by atomic mass is 10.1. The van der Waals surface area contributed by atoms with Crippen molar-refractivity contribution in [1.82, 2.24) is 9.88 Å². The Labute approximate surface area is 186 Å². The Hall–Kier alpha value is -2.87. The minimum atomic E-state index is -0.517. The lowest BCUT2D eigenvalue weighted by Crippen LogP contribution is -2.35. The van der Waals surface area contributed by atoms with Crippen molar-refractivity contribution in [3.8, 4) is 5.75 Å². The van der Waals surface area contributed by atoms with Crippen LogP contribution >= 0.6 is 11.8 Å². The Kier molecular flexibility index (Phi) is 8.06. The van der Waals surface area contributed by atoms with Crippen molar-refractivity contribution in [3.63, 3.8) is 0 Å². The highest BCUT2D eigenvalue weighted by Gasteiger charge is 2.40. The smallest absolute Gasteiger partial charge is 0.307 e. The number of thioether (sulfide) groups is 1. The summed E-state index contributed by atoms with van der Waals surface area (Å²) in [4.78, 5) is 41.2. The summed E-state index contributed by atoms with van der Waals surface area (Å²) in [7, 11) is 0. The molecule has 0 spiro atoms. The summed E-state index contributed by atoms with van der Waals surface area (Å²) in [6, 6.07) is 11.6. The highest BCUT2D eigenvalue weighted by Crippen LogP contribution is 2.30. The Bertz CT molecular complexity index is 915. The van der Waals surface area contributed by atoms with Crippen molar-refractivity contribution in [3.05, 3.63) is 59.4 Å². The molecule has 2 aromatic rings. The van der Waals surface area contributed by atoms with Crippen LogP contribution < -0.4 is 4.74 Å². The molecule has 1 atom stereocenters. The maximum Gasteiger partial charge on any atom is 0.307 e. The van der Waals surface area contributed by atoms with Crippen molar-refractivity contribution in [2.75, 3.05) is 13.3 Å². The van der Waals surface area contributed by atoms with Crippen LogP contribution in [0.3, 0.4) is 0 Å². The van der Waals surface area contributed by atoms with Gasteiger partial charge in [-0.1, -0.05) is 43.8 Å². The van der Waals surface area contributed by atoms with E-state index in [9.17, 15) is 14.4 Å². The molecule has 0 saturated carbocycles. The molecule has 0 bridgehead atoms. The Morgan fingerprint density at radius 2 is 1.84 bits per heavy atom. The predicted octanol–water partition coefficient (Wildman–Crippen LogP) is 3.78. The van der Waals surface area contributed by atoms with Crippen LogP contribution in [0.4, 0.5) is 4.79 Å². The first-order valence-corrected chi connectivity index (χ1v) is 11.2. The van der Waals surface area contributed by atoms with Gasteiger partial charge in [0.05, 0.1) is 11.9 Å². The van der Waals surface area contributed by atoms with Crippen molar-refractivity contribution >= 4 is 28.9 Å². The molecule has 7 nitrogen and oxygen atoms in total. The van der Waals surface area contributed by atoms with E-state index < -0.39 is 11.2 Å². The second-order valence-electron chi connectivity index (χ2n) is 7.10. The van der Waals surface area contributed by atoms with E-state index in [0.717, 1.165) is 46.5 Å². The quantitative estimate of drug-likeness (QED) is 0.518. The number of rotatable bonds is 10. The molecule has 1 saturated heterocycles. The Morgan fingerprint density at radius 1 is 1.10 bits per heavy atom. The Balaban J connectivity index is 1.47. The number of hydrogen-bond donors (Lipinski definition) is 0.